The average molecular weight is 317 g/mol. The molecule has 0 bridgehead atoms. The molecule has 1 aliphatic rings. The van der Waals surface area contributed by atoms with E-state index in [0.717, 1.165) is 25.3 Å². The van der Waals surface area contributed by atoms with E-state index in [-0.39, 0.29) is 16.2 Å². The molecule has 18 heavy (non-hydrogen) atoms. The number of rotatable bonds is 3. The summed E-state index contributed by atoms with van der Waals surface area (Å²) in [6.45, 7) is 2.12. The second-order valence-corrected chi connectivity index (χ2v) is 5.55. The Bertz CT molecular complexity index is 481. The predicted octanol–water partition coefficient (Wildman–Crippen LogP) is 4.10. The highest BCUT2D eigenvalue weighted by Crippen LogP contribution is 2.34. The highest BCUT2D eigenvalue weighted by molar-refractivity contribution is 9.10. The first kappa shape index (κ1) is 13.3. The zero-order valence-electron chi connectivity index (χ0n) is 9.95. The van der Waals surface area contributed by atoms with Crippen molar-refractivity contribution < 1.29 is 9.31 Å². The van der Waals surface area contributed by atoms with E-state index in [0.29, 0.717) is 11.6 Å². The van der Waals surface area contributed by atoms with Crippen molar-refractivity contribution in [3.05, 3.63) is 32.5 Å². The van der Waals surface area contributed by atoms with Gasteiger partial charge in [0.15, 0.2) is 0 Å². The van der Waals surface area contributed by atoms with Crippen LogP contribution in [-0.4, -0.2) is 11.0 Å². The number of hydrogen-bond donors (Lipinski definition) is 1. The molecular weight excluding hydrogens is 303 g/mol. The van der Waals surface area contributed by atoms with Crippen LogP contribution in [0.5, 0.6) is 0 Å². The van der Waals surface area contributed by atoms with Crippen LogP contribution in [0, 0.1) is 21.8 Å². The molecule has 1 aliphatic carbocycles. The van der Waals surface area contributed by atoms with Gasteiger partial charge in [0.25, 0.3) is 5.69 Å². The molecule has 2 unspecified atom stereocenters. The van der Waals surface area contributed by atoms with E-state index in [4.69, 9.17) is 0 Å². The van der Waals surface area contributed by atoms with Crippen LogP contribution >= 0.6 is 15.9 Å². The number of anilines is 1. The molecule has 1 fully saturated rings. The van der Waals surface area contributed by atoms with Gasteiger partial charge >= 0.3 is 0 Å². The van der Waals surface area contributed by atoms with Crippen LogP contribution in [0.3, 0.4) is 0 Å². The van der Waals surface area contributed by atoms with Gasteiger partial charge in [-0.25, -0.2) is 4.39 Å². The number of nitrogens with zero attached hydrogens (tertiary/aromatic N) is 1. The monoisotopic (exact) mass is 316 g/mol. The number of hydrogen-bond acceptors (Lipinski definition) is 3. The molecule has 0 spiro atoms. The van der Waals surface area contributed by atoms with Crippen molar-refractivity contribution in [3.63, 3.8) is 0 Å². The summed E-state index contributed by atoms with van der Waals surface area (Å²) in [6.07, 6.45) is 3.23. The van der Waals surface area contributed by atoms with Crippen LogP contribution in [-0.2, 0) is 0 Å². The Morgan fingerprint density at radius 3 is 2.78 bits per heavy atom. The van der Waals surface area contributed by atoms with Crippen LogP contribution < -0.4 is 5.32 Å². The van der Waals surface area contributed by atoms with Gasteiger partial charge in [-0.15, -0.1) is 0 Å². The molecule has 0 amide bonds. The van der Waals surface area contributed by atoms with Gasteiger partial charge in [0.05, 0.1) is 15.5 Å². The number of benzene rings is 1. The maximum Gasteiger partial charge on any atom is 0.295 e. The van der Waals surface area contributed by atoms with Crippen LogP contribution in [0.4, 0.5) is 15.8 Å². The summed E-state index contributed by atoms with van der Waals surface area (Å²) in [5, 5.41) is 14.1. The van der Waals surface area contributed by atoms with Crippen molar-refractivity contribution in [1.82, 2.24) is 0 Å². The number of nitro groups is 1. The van der Waals surface area contributed by atoms with Gasteiger partial charge in [-0.3, -0.25) is 10.1 Å². The standard InChI is InChI=1S/C12H14BrFN2O2/c1-7-3-2-4-10(7)15-11-5-8(13)9(14)6-12(11)16(17)18/h5-7,10,15H,2-4H2,1H3. The SMILES string of the molecule is CC1CCCC1Nc1cc(Br)c(F)cc1[N+](=O)[O-]. The van der Waals surface area contributed by atoms with Crippen molar-refractivity contribution >= 4 is 27.3 Å². The van der Waals surface area contributed by atoms with E-state index in [1.54, 1.807) is 0 Å². The molecule has 1 saturated carbocycles. The van der Waals surface area contributed by atoms with E-state index in [2.05, 4.69) is 28.2 Å². The van der Waals surface area contributed by atoms with Gasteiger partial charge in [0, 0.05) is 6.04 Å². The molecule has 0 radical (unpaired) electrons. The first-order valence-electron chi connectivity index (χ1n) is 5.89. The molecule has 0 heterocycles. The van der Waals surface area contributed by atoms with Crippen molar-refractivity contribution in [1.29, 1.82) is 0 Å². The minimum absolute atomic E-state index is 0.213. The highest BCUT2D eigenvalue weighted by atomic mass is 79.9. The average Bonchev–Trinajstić information content (AvgIpc) is 2.69. The van der Waals surface area contributed by atoms with E-state index >= 15 is 0 Å². The summed E-state index contributed by atoms with van der Waals surface area (Å²) in [6, 6.07) is 2.62. The number of nitrogens with one attached hydrogen (secondary N) is 1. The molecule has 1 N–H and O–H groups in total. The van der Waals surface area contributed by atoms with E-state index in [1.165, 1.54) is 6.07 Å². The quantitative estimate of drug-likeness (QED) is 0.674. The fourth-order valence-corrected chi connectivity index (χ4v) is 2.71. The molecule has 2 atom stereocenters. The van der Waals surface area contributed by atoms with Gasteiger partial charge in [-0.05, 0) is 40.8 Å². The Kier molecular flexibility index (Phi) is 3.85. The van der Waals surface area contributed by atoms with Crippen molar-refractivity contribution in [2.75, 3.05) is 5.32 Å². The molecule has 0 aliphatic heterocycles. The van der Waals surface area contributed by atoms with Crippen molar-refractivity contribution in [3.8, 4) is 0 Å². The Labute approximate surface area is 113 Å². The molecule has 6 heteroatoms. The molecule has 4 nitrogen and oxygen atoms in total. The van der Waals surface area contributed by atoms with Gasteiger partial charge in [0.2, 0.25) is 0 Å². The van der Waals surface area contributed by atoms with E-state index < -0.39 is 10.7 Å². The van der Waals surface area contributed by atoms with Gasteiger partial charge < -0.3 is 5.32 Å². The molecular formula is C12H14BrFN2O2. The highest BCUT2D eigenvalue weighted by Gasteiger charge is 2.26. The third-order valence-corrected chi connectivity index (χ3v) is 4.05. The zero-order chi connectivity index (χ0) is 13.3. The van der Waals surface area contributed by atoms with Crippen LogP contribution in [0.25, 0.3) is 0 Å². The minimum Gasteiger partial charge on any atom is -0.376 e. The maximum atomic E-state index is 13.3. The summed E-state index contributed by atoms with van der Waals surface area (Å²) in [5.74, 6) is -0.139. The molecule has 1 aromatic carbocycles. The Morgan fingerprint density at radius 2 is 2.22 bits per heavy atom. The van der Waals surface area contributed by atoms with Crippen LogP contribution in [0.2, 0.25) is 0 Å². The third-order valence-electron chi connectivity index (χ3n) is 3.44. The van der Waals surface area contributed by atoms with Crippen LogP contribution in [0.1, 0.15) is 26.2 Å². The molecule has 1 aromatic rings. The Balaban J connectivity index is 2.30. The smallest absolute Gasteiger partial charge is 0.295 e. The fourth-order valence-electron chi connectivity index (χ4n) is 2.36. The van der Waals surface area contributed by atoms with Crippen molar-refractivity contribution in [2.24, 2.45) is 5.92 Å². The lowest BCUT2D eigenvalue weighted by Crippen LogP contribution is -2.22. The summed E-state index contributed by atoms with van der Waals surface area (Å²) in [5.41, 5.74) is 0.168. The molecule has 0 aromatic heterocycles. The summed E-state index contributed by atoms with van der Waals surface area (Å²) in [7, 11) is 0. The largest absolute Gasteiger partial charge is 0.376 e. The summed E-state index contributed by atoms with van der Waals surface area (Å²) in [4.78, 5) is 10.4. The summed E-state index contributed by atoms with van der Waals surface area (Å²) < 4.78 is 13.6. The lowest BCUT2D eigenvalue weighted by atomic mass is 10.1. The van der Waals surface area contributed by atoms with Crippen molar-refractivity contribution in [2.45, 2.75) is 32.2 Å². The van der Waals surface area contributed by atoms with E-state index in [1.807, 2.05) is 0 Å². The Hall–Kier alpha value is -1.17. The maximum absolute atomic E-state index is 13.3. The lowest BCUT2D eigenvalue weighted by Gasteiger charge is -2.18. The van der Waals surface area contributed by atoms with Crippen LogP contribution in [0.15, 0.2) is 16.6 Å². The summed E-state index contributed by atoms with van der Waals surface area (Å²) >= 11 is 3.06. The number of nitro benzene ring substituents is 1. The van der Waals surface area contributed by atoms with Gasteiger partial charge in [-0.1, -0.05) is 13.3 Å². The molecule has 0 saturated heterocycles. The lowest BCUT2D eigenvalue weighted by molar-refractivity contribution is -0.384. The Morgan fingerprint density at radius 1 is 1.50 bits per heavy atom. The predicted molar refractivity (Wildman–Crippen MR) is 71.2 cm³/mol. The van der Waals surface area contributed by atoms with E-state index in [9.17, 15) is 14.5 Å². The number of halogens is 2. The zero-order valence-corrected chi connectivity index (χ0v) is 11.5. The second-order valence-electron chi connectivity index (χ2n) is 4.70. The van der Waals surface area contributed by atoms with Gasteiger partial charge in [0.1, 0.15) is 11.5 Å². The first-order chi connectivity index (χ1) is 8.49. The molecule has 2 rings (SSSR count). The van der Waals surface area contributed by atoms with Gasteiger partial charge in [-0.2, -0.15) is 0 Å². The second kappa shape index (κ2) is 5.22. The first-order valence-corrected chi connectivity index (χ1v) is 6.68. The minimum atomic E-state index is -0.619. The third kappa shape index (κ3) is 2.63. The molecule has 98 valence electrons. The topological polar surface area (TPSA) is 55.2 Å². The normalized spacial score (nSPS) is 23.1. The fraction of sp³-hybridized carbons (Fsp3) is 0.500.